The first kappa shape index (κ1) is 24.2. The van der Waals surface area contributed by atoms with Crippen molar-refractivity contribution in [3.63, 3.8) is 0 Å². The van der Waals surface area contributed by atoms with Gasteiger partial charge in [0.15, 0.2) is 0 Å². The molecular formula is C22H26ClN3O5S2. The van der Waals surface area contributed by atoms with Gasteiger partial charge in [0.2, 0.25) is 20.0 Å². The van der Waals surface area contributed by atoms with Gasteiger partial charge in [-0.1, -0.05) is 18.0 Å². The molecule has 2 aliphatic heterocycles. The maximum Gasteiger partial charge on any atom is 0.257 e. The van der Waals surface area contributed by atoms with E-state index < -0.39 is 26.0 Å². The monoisotopic (exact) mass is 511 g/mol. The van der Waals surface area contributed by atoms with Crippen LogP contribution in [-0.2, 0) is 20.0 Å². The van der Waals surface area contributed by atoms with Crippen LogP contribution in [0.15, 0.2) is 52.3 Å². The van der Waals surface area contributed by atoms with Crippen LogP contribution in [0.3, 0.4) is 0 Å². The van der Waals surface area contributed by atoms with Crippen molar-refractivity contribution < 1.29 is 21.6 Å². The first-order chi connectivity index (χ1) is 15.7. The third-order valence-corrected chi connectivity index (χ3v) is 10.1. The van der Waals surface area contributed by atoms with Gasteiger partial charge >= 0.3 is 0 Å². The first-order valence-corrected chi connectivity index (χ1v) is 14.2. The molecule has 0 saturated carbocycles. The number of sulfonamides is 2. The molecule has 1 N–H and O–H groups in total. The summed E-state index contributed by atoms with van der Waals surface area (Å²) in [6, 6.07) is 9.99. The van der Waals surface area contributed by atoms with Crippen LogP contribution < -0.4 is 5.32 Å². The van der Waals surface area contributed by atoms with Crippen LogP contribution >= 0.6 is 11.6 Å². The Balaban J connectivity index is 1.51. The molecule has 2 heterocycles. The van der Waals surface area contributed by atoms with Crippen LogP contribution in [0.2, 0.25) is 5.02 Å². The Morgan fingerprint density at radius 2 is 1.21 bits per heavy atom. The number of halogens is 1. The smallest absolute Gasteiger partial charge is 0.257 e. The highest BCUT2D eigenvalue weighted by molar-refractivity contribution is 7.89. The van der Waals surface area contributed by atoms with Gasteiger partial charge in [-0.2, -0.15) is 8.61 Å². The van der Waals surface area contributed by atoms with E-state index in [-0.39, 0.29) is 20.4 Å². The number of hydrogen-bond donors (Lipinski definition) is 1. The highest BCUT2D eigenvalue weighted by Crippen LogP contribution is 2.27. The summed E-state index contributed by atoms with van der Waals surface area (Å²) in [5.74, 6) is -0.579. The van der Waals surface area contributed by atoms with Crippen molar-refractivity contribution in [2.75, 3.05) is 31.5 Å². The van der Waals surface area contributed by atoms with Gasteiger partial charge < -0.3 is 5.32 Å². The number of rotatable bonds is 6. The number of nitrogens with zero attached hydrogens (tertiary/aromatic N) is 2. The van der Waals surface area contributed by atoms with Crippen molar-refractivity contribution in [1.29, 1.82) is 0 Å². The summed E-state index contributed by atoms with van der Waals surface area (Å²) in [7, 11) is -7.26. The van der Waals surface area contributed by atoms with Gasteiger partial charge in [0.1, 0.15) is 0 Å². The van der Waals surface area contributed by atoms with Gasteiger partial charge in [-0.15, -0.1) is 0 Å². The van der Waals surface area contributed by atoms with Crippen LogP contribution in [0, 0.1) is 0 Å². The predicted molar refractivity (Wildman–Crippen MR) is 126 cm³/mol. The number of hydrogen-bond acceptors (Lipinski definition) is 5. The van der Waals surface area contributed by atoms with E-state index in [4.69, 9.17) is 11.6 Å². The summed E-state index contributed by atoms with van der Waals surface area (Å²) in [5.41, 5.74) is 0.406. The molecular weight excluding hydrogens is 486 g/mol. The Kier molecular flexibility index (Phi) is 7.11. The molecule has 0 spiro atoms. The summed E-state index contributed by atoms with van der Waals surface area (Å²) in [4.78, 5) is 13.0. The van der Waals surface area contributed by atoms with Gasteiger partial charge in [-0.05, 0) is 68.1 Å². The second kappa shape index (κ2) is 9.71. The maximum atomic E-state index is 12.8. The highest BCUT2D eigenvalue weighted by atomic mass is 35.5. The molecule has 0 unspecified atom stereocenters. The van der Waals surface area contributed by atoms with Gasteiger partial charge in [-0.3, -0.25) is 4.79 Å². The lowest BCUT2D eigenvalue weighted by atomic mass is 10.2. The number of benzene rings is 2. The van der Waals surface area contributed by atoms with E-state index in [1.165, 1.54) is 51.1 Å². The lowest BCUT2D eigenvalue weighted by molar-refractivity contribution is 0.102. The van der Waals surface area contributed by atoms with Crippen molar-refractivity contribution in [3.8, 4) is 0 Å². The quantitative estimate of drug-likeness (QED) is 0.638. The van der Waals surface area contributed by atoms with Crippen molar-refractivity contribution in [2.45, 2.75) is 41.9 Å². The fourth-order valence-corrected chi connectivity index (χ4v) is 7.34. The normalized spacial score (nSPS) is 18.3. The summed E-state index contributed by atoms with van der Waals surface area (Å²) >= 11 is 6.18. The maximum absolute atomic E-state index is 12.8. The minimum absolute atomic E-state index is 0.0157. The van der Waals surface area contributed by atoms with E-state index in [1.807, 2.05) is 0 Å². The van der Waals surface area contributed by atoms with E-state index in [9.17, 15) is 21.6 Å². The molecule has 8 nitrogen and oxygen atoms in total. The van der Waals surface area contributed by atoms with Gasteiger partial charge in [0, 0.05) is 31.9 Å². The molecule has 2 saturated heterocycles. The fraction of sp³-hybridized carbons (Fsp3) is 0.409. The Morgan fingerprint density at radius 1 is 0.727 bits per heavy atom. The van der Waals surface area contributed by atoms with Crippen LogP contribution in [-0.4, -0.2) is 57.5 Å². The van der Waals surface area contributed by atoms with Crippen molar-refractivity contribution in [1.82, 2.24) is 8.61 Å². The van der Waals surface area contributed by atoms with E-state index in [0.717, 1.165) is 32.1 Å². The second-order valence-electron chi connectivity index (χ2n) is 8.20. The van der Waals surface area contributed by atoms with Crippen LogP contribution in [0.1, 0.15) is 42.5 Å². The fourth-order valence-electron chi connectivity index (χ4n) is 4.08. The van der Waals surface area contributed by atoms with E-state index in [1.54, 1.807) is 0 Å². The van der Waals surface area contributed by atoms with E-state index in [2.05, 4.69) is 5.32 Å². The molecule has 11 heteroatoms. The topological polar surface area (TPSA) is 104 Å². The molecule has 0 aromatic heterocycles. The highest BCUT2D eigenvalue weighted by Gasteiger charge is 2.29. The Bertz CT molecular complexity index is 1240. The SMILES string of the molecule is O=C(Nc1ccc(S(=O)(=O)N2CCCCC2)cc1)c1cc(S(=O)(=O)N2CCCC2)ccc1Cl. The predicted octanol–water partition coefficient (Wildman–Crippen LogP) is 3.55. The number of nitrogens with one attached hydrogen (secondary N) is 1. The molecule has 0 atom stereocenters. The summed E-state index contributed by atoms with van der Waals surface area (Å²) < 4.78 is 54.1. The lowest BCUT2D eigenvalue weighted by Crippen LogP contribution is -2.35. The third kappa shape index (κ3) is 5.09. The Hall–Kier alpha value is -1.98. The number of anilines is 1. The lowest BCUT2D eigenvalue weighted by Gasteiger charge is -2.25. The zero-order valence-corrected chi connectivity index (χ0v) is 20.4. The average Bonchev–Trinajstić information content (AvgIpc) is 3.36. The van der Waals surface area contributed by atoms with Crippen molar-refractivity contribution >= 4 is 43.2 Å². The van der Waals surface area contributed by atoms with E-state index >= 15 is 0 Å². The summed E-state index contributed by atoms with van der Waals surface area (Å²) in [5, 5.41) is 2.79. The molecule has 33 heavy (non-hydrogen) atoms. The number of amides is 1. The average molecular weight is 512 g/mol. The molecule has 2 fully saturated rings. The molecule has 2 aliphatic rings. The first-order valence-electron chi connectivity index (χ1n) is 10.9. The van der Waals surface area contributed by atoms with Gasteiger partial charge in [-0.25, -0.2) is 16.8 Å². The summed E-state index contributed by atoms with van der Waals surface area (Å²) in [6.45, 7) is 1.93. The molecule has 0 bridgehead atoms. The molecule has 2 aromatic carbocycles. The van der Waals surface area contributed by atoms with Gasteiger partial charge in [0.25, 0.3) is 5.91 Å². The zero-order chi connectivity index (χ0) is 23.6. The molecule has 2 aromatic rings. The number of carbonyl (C=O) groups is 1. The Labute approximate surface area is 199 Å². The molecule has 178 valence electrons. The number of carbonyl (C=O) groups excluding carboxylic acids is 1. The van der Waals surface area contributed by atoms with Crippen LogP contribution in [0.4, 0.5) is 5.69 Å². The minimum Gasteiger partial charge on any atom is -0.322 e. The molecule has 0 radical (unpaired) electrons. The zero-order valence-electron chi connectivity index (χ0n) is 18.0. The van der Waals surface area contributed by atoms with Crippen molar-refractivity contribution in [2.24, 2.45) is 0 Å². The largest absolute Gasteiger partial charge is 0.322 e. The van der Waals surface area contributed by atoms with Gasteiger partial charge in [0.05, 0.1) is 20.4 Å². The number of piperidine rings is 1. The Morgan fingerprint density at radius 3 is 1.79 bits per heavy atom. The standard InChI is InChI=1S/C22H26ClN3O5S2/c23-21-11-10-19(33(30,31)26-14-4-5-15-26)16-20(21)22(27)24-17-6-8-18(9-7-17)32(28,29)25-12-2-1-3-13-25/h6-11,16H,1-5,12-15H2,(H,24,27). The van der Waals surface area contributed by atoms with Crippen LogP contribution in [0.25, 0.3) is 0 Å². The minimum atomic E-state index is -3.69. The third-order valence-electron chi connectivity index (χ3n) is 5.95. The summed E-state index contributed by atoms with van der Waals surface area (Å²) in [6.07, 6.45) is 4.34. The molecule has 0 aliphatic carbocycles. The molecule has 4 rings (SSSR count). The second-order valence-corrected chi connectivity index (χ2v) is 12.5. The van der Waals surface area contributed by atoms with E-state index in [0.29, 0.717) is 31.9 Å². The van der Waals surface area contributed by atoms with Crippen molar-refractivity contribution in [3.05, 3.63) is 53.1 Å². The van der Waals surface area contributed by atoms with Crippen LogP contribution in [0.5, 0.6) is 0 Å². The molecule has 1 amide bonds.